The molecule has 0 radical (unpaired) electrons. The molecular formula is C13H25ClN2O3. The molecule has 0 aromatic heterocycles. The van der Waals surface area contributed by atoms with Crippen molar-refractivity contribution in [3.8, 4) is 0 Å². The third-order valence-corrected chi connectivity index (χ3v) is 3.53. The van der Waals surface area contributed by atoms with E-state index >= 15 is 0 Å². The van der Waals surface area contributed by atoms with Crippen molar-refractivity contribution in [1.29, 1.82) is 0 Å². The van der Waals surface area contributed by atoms with E-state index in [0.717, 1.165) is 39.0 Å². The molecule has 2 heterocycles. The van der Waals surface area contributed by atoms with Crippen LogP contribution in [0.1, 0.15) is 26.2 Å². The van der Waals surface area contributed by atoms with Crippen LogP contribution in [-0.2, 0) is 14.3 Å². The Morgan fingerprint density at radius 1 is 1.53 bits per heavy atom. The Labute approximate surface area is 121 Å². The van der Waals surface area contributed by atoms with Gasteiger partial charge in [-0.25, -0.2) is 0 Å². The fourth-order valence-corrected chi connectivity index (χ4v) is 2.40. The topological polar surface area (TPSA) is 59.6 Å². The zero-order chi connectivity index (χ0) is 12.8. The van der Waals surface area contributed by atoms with E-state index in [1.54, 1.807) is 0 Å². The molecule has 0 spiro atoms. The van der Waals surface area contributed by atoms with Crippen molar-refractivity contribution >= 4 is 18.3 Å². The quantitative estimate of drug-likeness (QED) is 0.784. The van der Waals surface area contributed by atoms with E-state index in [2.05, 4.69) is 10.6 Å². The van der Waals surface area contributed by atoms with Crippen LogP contribution in [0.25, 0.3) is 0 Å². The maximum atomic E-state index is 12.0. The van der Waals surface area contributed by atoms with Crippen molar-refractivity contribution in [2.24, 2.45) is 5.92 Å². The number of piperidine rings is 1. The Bertz CT molecular complexity index is 267. The molecule has 0 aromatic rings. The van der Waals surface area contributed by atoms with Gasteiger partial charge in [0.25, 0.3) is 0 Å². The van der Waals surface area contributed by atoms with Gasteiger partial charge in [-0.1, -0.05) is 0 Å². The maximum Gasteiger partial charge on any atom is 0.224 e. The van der Waals surface area contributed by atoms with Crippen LogP contribution < -0.4 is 10.6 Å². The van der Waals surface area contributed by atoms with Gasteiger partial charge in [0.2, 0.25) is 5.91 Å². The van der Waals surface area contributed by atoms with Gasteiger partial charge in [-0.2, -0.15) is 0 Å². The maximum absolute atomic E-state index is 12.0. The Morgan fingerprint density at radius 3 is 3.00 bits per heavy atom. The van der Waals surface area contributed by atoms with Gasteiger partial charge in [0, 0.05) is 19.2 Å². The fourth-order valence-electron chi connectivity index (χ4n) is 2.40. The number of halogens is 1. The molecule has 3 atom stereocenters. The minimum Gasteiger partial charge on any atom is -0.379 e. The van der Waals surface area contributed by atoms with Gasteiger partial charge in [0.15, 0.2) is 0 Å². The summed E-state index contributed by atoms with van der Waals surface area (Å²) in [7, 11) is 0. The van der Waals surface area contributed by atoms with Crippen LogP contribution in [0.4, 0.5) is 0 Å². The molecule has 2 rings (SSSR count). The van der Waals surface area contributed by atoms with Gasteiger partial charge in [-0.3, -0.25) is 4.79 Å². The monoisotopic (exact) mass is 292 g/mol. The van der Waals surface area contributed by atoms with Crippen LogP contribution in [0, 0.1) is 5.92 Å². The number of nitrogens with one attached hydrogen (secondary N) is 2. The first-order chi connectivity index (χ1) is 8.75. The third kappa shape index (κ3) is 5.65. The van der Waals surface area contributed by atoms with Crippen molar-refractivity contribution in [3.63, 3.8) is 0 Å². The normalized spacial score (nSPS) is 28.5. The van der Waals surface area contributed by atoms with E-state index in [1.165, 1.54) is 0 Å². The van der Waals surface area contributed by atoms with E-state index in [4.69, 9.17) is 9.47 Å². The number of ether oxygens (including phenoxy) is 2. The second-order valence-electron chi connectivity index (χ2n) is 5.27. The first kappa shape index (κ1) is 16.7. The van der Waals surface area contributed by atoms with Crippen LogP contribution >= 0.6 is 12.4 Å². The highest BCUT2D eigenvalue weighted by Gasteiger charge is 2.23. The summed E-state index contributed by atoms with van der Waals surface area (Å²) in [5, 5.41) is 6.29. The molecule has 19 heavy (non-hydrogen) atoms. The first-order valence-corrected chi connectivity index (χ1v) is 6.96. The van der Waals surface area contributed by atoms with Crippen molar-refractivity contribution in [2.45, 2.75) is 38.3 Å². The van der Waals surface area contributed by atoms with Gasteiger partial charge in [0.05, 0.1) is 25.2 Å². The highest BCUT2D eigenvalue weighted by molar-refractivity contribution is 5.85. The zero-order valence-corrected chi connectivity index (χ0v) is 12.3. The number of rotatable bonds is 5. The van der Waals surface area contributed by atoms with Crippen molar-refractivity contribution in [1.82, 2.24) is 10.6 Å². The van der Waals surface area contributed by atoms with Crippen LogP contribution in [0.3, 0.4) is 0 Å². The number of hydrogen-bond acceptors (Lipinski definition) is 4. The van der Waals surface area contributed by atoms with E-state index in [1.807, 2.05) is 6.92 Å². The van der Waals surface area contributed by atoms with E-state index in [0.29, 0.717) is 13.2 Å². The van der Waals surface area contributed by atoms with Gasteiger partial charge in [0.1, 0.15) is 0 Å². The highest BCUT2D eigenvalue weighted by Crippen LogP contribution is 2.11. The summed E-state index contributed by atoms with van der Waals surface area (Å²) in [6.07, 6.45) is 3.25. The van der Waals surface area contributed by atoms with Gasteiger partial charge >= 0.3 is 0 Å². The largest absolute Gasteiger partial charge is 0.379 e. The minimum absolute atomic E-state index is 0. The summed E-state index contributed by atoms with van der Waals surface area (Å²) >= 11 is 0. The van der Waals surface area contributed by atoms with Gasteiger partial charge in [-0.15, -0.1) is 12.4 Å². The molecule has 2 N–H and O–H groups in total. The second kappa shape index (κ2) is 8.74. The lowest BCUT2D eigenvalue weighted by Crippen LogP contribution is -2.45. The predicted octanol–water partition coefficient (Wildman–Crippen LogP) is 0.718. The first-order valence-electron chi connectivity index (χ1n) is 6.96. The lowest BCUT2D eigenvalue weighted by Gasteiger charge is -2.24. The summed E-state index contributed by atoms with van der Waals surface area (Å²) in [4.78, 5) is 12.0. The van der Waals surface area contributed by atoms with E-state index in [-0.39, 0.29) is 36.4 Å². The summed E-state index contributed by atoms with van der Waals surface area (Å²) in [6, 6.07) is 0.0695. The summed E-state index contributed by atoms with van der Waals surface area (Å²) in [5.74, 6) is 0.275. The van der Waals surface area contributed by atoms with Crippen molar-refractivity contribution in [2.75, 3.05) is 32.9 Å². The van der Waals surface area contributed by atoms with Crippen LogP contribution in [0.15, 0.2) is 0 Å². The molecule has 112 valence electrons. The standard InChI is InChI=1S/C13H24N2O3.ClH/c1-10(8-18-12-4-6-17-9-12)15-13(16)11-3-2-5-14-7-11;/h10-12,14H,2-9H2,1H3,(H,15,16);1H. The highest BCUT2D eigenvalue weighted by atomic mass is 35.5. The predicted molar refractivity (Wildman–Crippen MR) is 75.6 cm³/mol. The smallest absolute Gasteiger partial charge is 0.224 e. The number of hydrogen-bond donors (Lipinski definition) is 2. The molecule has 2 fully saturated rings. The molecule has 6 heteroatoms. The Kier molecular flexibility index (Phi) is 7.68. The molecule has 2 aliphatic rings. The number of carbonyl (C=O) groups excluding carboxylic acids is 1. The Morgan fingerprint density at radius 2 is 2.37 bits per heavy atom. The zero-order valence-electron chi connectivity index (χ0n) is 11.5. The Hall–Kier alpha value is -0.360. The molecule has 1 amide bonds. The summed E-state index contributed by atoms with van der Waals surface area (Å²) < 4.78 is 10.9. The Balaban J connectivity index is 0.00000180. The van der Waals surface area contributed by atoms with Crippen LogP contribution in [0.2, 0.25) is 0 Å². The SMILES string of the molecule is CC(COC1CCOC1)NC(=O)C1CCCNC1.Cl. The van der Waals surface area contributed by atoms with Crippen LogP contribution in [0.5, 0.6) is 0 Å². The third-order valence-electron chi connectivity index (χ3n) is 3.53. The molecule has 3 unspecified atom stereocenters. The van der Waals surface area contributed by atoms with E-state index < -0.39 is 0 Å². The molecule has 2 aliphatic heterocycles. The lowest BCUT2D eigenvalue weighted by molar-refractivity contribution is -0.126. The fraction of sp³-hybridized carbons (Fsp3) is 0.923. The number of carbonyl (C=O) groups is 1. The van der Waals surface area contributed by atoms with Gasteiger partial charge in [-0.05, 0) is 32.7 Å². The summed E-state index contributed by atoms with van der Waals surface area (Å²) in [5.41, 5.74) is 0. The molecular weight excluding hydrogens is 268 g/mol. The molecule has 2 saturated heterocycles. The second-order valence-corrected chi connectivity index (χ2v) is 5.27. The molecule has 0 bridgehead atoms. The minimum atomic E-state index is 0. The van der Waals surface area contributed by atoms with Crippen LogP contribution in [-0.4, -0.2) is 51.0 Å². The number of amides is 1. The average molecular weight is 293 g/mol. The van der Waals surface area contributed by atoms with E-state index in [9.17, 15) is 4.79 Å². The molecule has 5 nitrogen and oxygen atoms in total. The van der Waals surface area contributed by atoms with Crippen molar-refractivity contribution < 1.29 is 14.3 Å². The molecule has 0 aromatic carbocycles. The molecule has 0 aliphatic carbocycles. The molecule has 0 saturated carbocycles. The average Bonchev–Trinajstić information content (AvgIpc) is 2.90. The van der Waals surface area contributed by atoms with Gasteiger partial charge < -0.3 is 20.1 Å². The van der Waals surface area contributed by atoms with Crippen molar-refractivity contribution in [3.05, 3.63) is 0 Å². The lowest BCUT2D eigenvalue weighted by atomic mass is 9.98. The summed E-state index contributed by atoms with van der Waals surface area (Å²) in [6.45, 7) is 5.87.